The predicted octanol–water partition coefficient (Wildman–Crippen LogP) is 5.15. The highest BCUT2D eigenvalue weighted by atomic mass is 32.1. The maximum absolute atomic E-state index is 12.8. The van der Waals surface area contributed by atoms with E-state index in [4.69, 9.17) is 9.47 Å². The van der Waals surface area contributed by atoms with Crippen molar-refractivity contribution >= 4 is 22.3 Å². The molecule has 0 atom stereocenters. The Balaban J connectivity index is 1.94. The fraction of sp³-hybridized carbons (Fsp3) is 0.524. The summed E-state index contributed by atoms with van der Waals surface area (Å²) in [5.41, 5.74) is 0.872. The Kier molecular flexibility index (Phi) is 6.05. The van der Waals surface area contributed by atoms with E-state index >= 15 is 0 Å². The minimum absolute atomic E-state index is 0.350. The van der Waals surface area contributed by atoms with Crippen LogP contribution >= 0.6 is 11.3 Å². The summed E-state index contributed by atoms with van der Waals surface area (Å²) in [6, 6.07) is 7.85. The van der Waals surface area contributed by atoms with Crippen LogP contribution in [0.2, 0.25) is 0 Å². The molecule has 2 aromatic rings. The molecule has 0 unspecified atom stereocenters. The molecule has 0 amide bonds. The van der Waals surface area contributed by atoms with Gasteiger partial charge in [0.2, 0.25) is 0 Å². The fourth-order valence-corrected chi connectivity index (χ4v) is 4.18. The molecule has 0 spiro atoms. The molecule has 0 bridgehead atoms. The molecule has 1 saturated heterocycles. The van der Waals surface area contributed by atoms with Gasteiger partial charge < -0.3 is 14.4 Å². The molecule has 0 radical (unpaired) electrons. The van der Waals surface area contributed by atoms with Crippen LogP contribution < -0.4 is 9.64 Å². The van der Waals surface area contributed by atoms with Crippen molar-refractivity contribution in [3.63, 3.8) is 0 Å². The van der Waals surface area contributed by atoms with Crippen LogP contribution in [-0.2, 0) is 4.74 Å². The average Bonchev–Trinajstić information content (AvgIpc) is 3.08. The number of rotatable bonds is 5. The lowest BCUT2D eigenvalue weighted by molar-refractivity contribution is 0.00645. The van der Waals surface area contributed by atoms with Gasteiger partial charge >= 0.3 is 5.97 Å². The molecule has 1 aliphatic rings. The van der Waals surface area contributed by atoms with E-state index in [0.717, 1.165) is 47.3 Å². The van der Waals surface area contributed by atoms with E-state index in [1.165, 1.54) is 6.42 Å². The van der Waals surface area contributed by atoms with E-state index in [0.29, 0.717) is 12.3 Å². The van der Waals surface area contributed by atoms with Gasteiger partial charge in [-0.2, -0.15) is 0 Å². The third kappa shape index (κ3) is 5.01. The van der Waals surface area contributed by atoms with Gasteiger partial charge in [-0.3, -0.25) is 0 Å². The van der Waals surface area contributed by atoms with Gasteiger partial charge in [0.05, 0.1) is 6.61 Å². The van der Waals surface area contributed by atoms with Crippen LogP contribution in [0.25, 0.3) is 10.6 Å². The van der Waals surface area contributed by atoms with Crippen LogP contribution in [0, 0.1) is 0 Å². The third-order valence-corrected chi connectivity index (χ3v) is 5.42. The van der Waals surface area contributed by atoms with Crippen molar-refractivity contribution in [2.75, 3.05) is 24.6 Å². The van der Waals surface area contributed by atoms with Crippen molar-refractivity contribution in [3.8, 4) is 16.3 Å². The lowest BCUT2D eigenvalue weighted by Crippen LogP contribution is -2.31. The number of esters is 1. The summed E-state index contributed by atoms with van der Waals surface area (Å²) >= 11 is 1.57. The van der Waals surface area contributed by atoms with Crippen LogP contribution in [0.15, 0.2) is 24.3 Å². The van der Waals surface area contributed by atoms with Gasteiger partial charge in [-0.05, 0) is 71.2 Å². The van der Waals surface area contributed by atoms with Crippen LogP contribution in [0.4, 0.5) is 5.00 Å². The number of ether oxygens (including phenoxy) is 2. The number of benzene rings is 1. The topological polar surface area (TPSA) is 51.7 Å². The Bertz CT molecular complexity index is 772. The van der Waals surface area contributed by atoms with Crippen LogP contribution in [0.1, 0.15) is 57.4 Å². The second-order valence-electron chi connectivity index (χ2n) is 7.68. The number of anilines is 1. The van der Waals surface area contributed by atoms with Crippen molar-refractivity contribution in [2.24, 2.45) is 0 Å². The zero-order valence-electron chi connectivity index (χ0n) is 16.6. The van der Waals surface area contributed by atoms with Gasteiger partial charge in [-0.15, -0.1) is 0 Å². The minimum atomic E-state index is -0.542. The summed E-state index contributed by atoms with van der Waals surface area (Å²) in [6.45, 7) is 10.2. The fourth-order valence-electron chi connectivity index (χ4n) is 3.07. The quantitative estimate of drug-likeness (QED) is 0.663. The maximum atomic E-state index is 12.8. The van der Waals surface area contributed by atoms with Crippen molar-refractivity contribution in [3.05, 3.63) is 30.0 Å². The zero-order valence-corrected chi connectivity index (χ0v) is 17.4. The molecule has 5 nitrogen and oxygen atoms in total. The number of hydrogen-bond donors (Lipinski definition) is 0. The number of nitrogens with zero attached hydrogens (tertiary/aromatic N) is 2. The highest BCUT2D eigenvalue weighted by Crippen LogP contribution is 2.37. The van der Waals surface area contributed by atoms with Gasteiger partial charge in [-0.1, -0.05) is 11.3 Å². The first-order valence-electron chi connectivity index (χ1n) is 9.60. The maximum Gasteiger partial charge on any atom is 0.360 e. The van der Waals surface area contributed by atoms with E-state index in [1.807, 2.05) is 52.0 Å². The Hall–Kier alpha value is -2.08. The highest BCUT2D eigenvalue weighted by molar-refractivity contribution is 7.19. The zero-order chi connectivity index (χ0) is 19.4. The number of aromatic nitrogens is 1. The summed E-state index contributed by atoms with van der Waals surface area (Å²) in [5.74, 6) is 0.484. The van der Waals surface area contributed by atoms with Crippen molar-refractivity contribution < 1.29 is 14.3 Å². The molecule has 0 saturated carbocycles. The third-order valence-electron chi connectivity index (χ3n) is 4.26. The van der Waals surface area contributed by atoms with Crippen molar-refractivity contribution in [1.29, 1.82) is 0 Å². The van der Waals surface area contributed by atoms with Crippen molar-refractivity contribution in [1.82, 2.24) is 4.98 Å². The molecule has 1 aliphatic heterocycles. The van der Waals surface area contributed by atoms with Crippen LogP contribution in [-0.4, -0.2) is 36.3 Å². The second-order valence-corrected chi connectivity index (χ2v) is 8.66. The molecule has 0 N–H and O–H groups in total. The molecule has 146 valence electrons. The summed E-state index contributed by atoms with van der Waals surface area (Å²) < 4.78 is 11.1. The second kappa shape index (κ2) is 8.30. The lowest BCUT2D eigenvalue weighted by atomic mass is 10.1. The Morgan fingerprint density at radius 1 is 1.15 bits per heavy atom. The monoisotopic (exact) mass is 388 g/mol. The SMILES string of the molecule is CCOc1ccc(-c2nc(C(=O)OC(C)(C)C)c(N3CCCCC3)s2)cc1. The van der Waals surface area contributed by atoms with E-state index in [1.54, 1.807) is 11.3 Å². The van der Waals surface area contributed by atoms with Gasteiger partial charge in [-0.25, -0.2) is 9.78 Å². The molecule has 27 heavy (non-hydrogen) atoms. The Morgan fingerprint density at radius 2 is 1.81 bits per heavy atom. The molecule has 1 aromatic carbocycles. The first-order valence-corrected chi connectivity index (χ1v) is 10.4. The van der Waals surface area contributed by atoms with Gasteiger partial charge in [0.15, 0.2) is 5.69 Å². The summed E-state index contributed by atoms with van der Waals surface area (Å²) in [5, 5.41) is 1.76. The van der Waals surface area contributed by atoms with Gasteiger partial charge in [0, 0.05) is 18.7 Å². The van der Waals surface area contributed by atoms with E-state index in [-0.39, 0.29) is 5.97 Å². The molecule has 1 fully saturated rings. The van der Waals surface area contributed by atoms with Gasteiger partial charge in [0.1, 0.15) is 21.4 Å². The number of piperidine rings is 1. The summed E-state index contributed by atoms with van der Waals surface area (Å²) in [4.78, 5) is 19.7. The van der Waals surface area contributed by atoms with E-state index in [9.17, 15) is 4.79 Å². The first-order chi connectivity index (χ1) is 12.9. The highest BCUT2D eigenvalue weighted by Gasteiger charge is 2.28. The molecule has 0 aliphatic carbocycles. The lowest BCUT2D eigenvalue weighted by Gasteiger charge is -2.28. The number of carbonyl (C=O) groups is 1. The van der Waals surface area contributed by atoms with Gasteiger partial charge in [0.25, 0.3) is 0 Å². The van der Waals surface area contributed by atoms with Crippen LogP contribution in [0.3, 0.4) is 0 Å². The van der Waals surface area contributed by atoms with E-state index < -0.39 is 5.60 Å². The molecular weight excluding hydrogens is 360 g/mol. The standard InChI is InChI=1S/C21H28N2O3S/c1-5-25-16-11-9-15(10-12-16)18-22-17(20(24)26-21(2,3)4)19(27-18)23-13-7-6-8-14-23/h9-12H,5-8,13-14H2,1-4H3. The smallest absolute Gasteiger partial charge is 0.360 e. The number of thiazole rings is 1. The van der Waals surface area contributed by atoms with E-state index in [2.05, 4.69) is 9.88 Å². The molecule has 2 heterocycles. The molecular formula is C21H28N2O3S. The number of carbonyl (C=O) groups excluding carboxylic acids is 1. The van der Waals surface area contributed by atoms with Crippen LogP contribution in [0.5, 0.6) is 5.75 Å². The number of hydrogen-bond acceptors (Lipinski definition) is 6. The Morgan fingerprint density at radius 3 is 2.41 bits per heavy atom. The largest absolute Gasteiger partial charge is 0.494 e. The molecule has 1 aromatic heterocycles. The summed E-state index contributed by atoms with van der Waals surface area (Å²) in [7, 11) is 0. The molecule has 6 heteroatoms. The first kappa shape index (κ1) is 19.7. The van der Waals surface area contributed by atoms with Crippen molar-refractivity contribution in [2.45, 2.75) is 52.6 Å². The normalized spacial score (nSPS) is 14.9. The predicted molar refractivity (Wildman–Crippen MR) is 110 cm³/mol. The molecule has 3 rings (SSSR count). The minimum Gasteiger partial charge on any atom is -0.494 e. The summed E-state index contributed by atoms with van der Waals surface area (Å²) in [6.07, 6.45) is 3.52. The Labute approximate surface area is 165 Å². The average molecular weight is 389 g/mol.